The normalized spacial score (nSPS) is 10.7. The van der Waals surface area contributed by atoms with Crippen molar-refractivity contribution in [3.05, 3.63) is 33.9 Å². The zero-order valence-electron chi connectivity index (χ0n) is 9.35. The van der Waals surface area contributed by atoms with Crippen LogP contribution in [0, 0.1) is 10.1 Å². The Bertz CT molecular complexity index is 469. The molecule has 0 aliphatic carbocycles. The highest BCUT2D eigenvalue weighted by molar-refractivity contribution is 5.60. The van der Waals surface area contributed by atoms with Crippen LogP contribution < -0.4 is 0 Å². The molecular weight excluding hydrogens is 208 g/mol. The molecule has 0 spiro atoms. The maximum atomic E-state index is 10.6. The van der Waals surface area contributed by atoms with E-state index in [9.17, 15) is 14.9 Å². The summed E-state index contributed by atoms with van der Waals surface area (Å²) in [6.45, 7) is 5.83. The maximum Gasteiger partial charge on any atom is 0.271 e. The number of nitrogens with zero attached hydrogens (tertiary/aromatic N) is 2. The molecule has 0 unspecified atom stereocenters. The van der Waals surface area contributed by atoms with Gasteiger partial charge in [-0.3, -0.25) is 10.1 Å². The van der Waals surface area contributed by atoms with E-state index in [1.165, 1.54) is 18.2 Å². The first-order chi connectivity index (χ1) is 7.36. The van der Waals surface area contributed by atoms with Gasteiger partial charge in [0.15, 0.2) is 0 Å². The van der Waals surface area contributed by atoms with E-state index in [1.807, 2.05) is 20.8 Å². The summed E-state index contributed by atoms with van der Waals surface area (Å²) < 4.78 is 0. The van der Waals surface area contributed by atoms with Crippen LogP contribution in [0.1, 0.15) is 26.3 Å². The molecule has 0 saturated carbocycles. The number of hydrogen-bond acceptors (Lipinski definition) is 4. The second-order valence-corrected chi connectivity index (χ2v) is 4.41. The van der Waals surface area contributed by atoms with Crippen LogP contribution in [0.3, 0.4) is 0 Å². The SMILES string of the molecule is CC(C)(C)c1ccc([N+](=O)[O-])cc1N=C=O. The summed E-state index contributed by atoms with van der Waals surface area (Å²) in [7, 11) is 0. The van der Waals surface area contributed by atoms with E-state index < -0.39 is 4.92 Å². The number of carbonyl (C=O) groups excluding carboxylic acids is 1. The number of rotatable bonds is 2. The number of nitro groups is 1. The summed E-state index contributed by atoms with van der Waals surface area (Å²) in [6, 6.07) is 4.31. The lowest BCUT2D eigenvalue weighted by Gasteiger charge is -2.20. The Labute approximate surface area is 93.0 Å². The number of non-ortho nitro benzene ring substituents is 1. The van der Waals surface area contributed by atoms with Crippen LogP contribution in [0.5, 0.6) is 0 Å². The smallest absolute Gasteiger partial charge is 0.258 e. The van der Waals surface area contributed by atoms with Crippen molar-refractivity contribution in [1.82, 2.24) is 0 Å². The molecule has 0 saturated heterocycles. The van der Waals surface area contributed by atoms with Crippen molar-refractivity contribution in [3.63, 3.8) is 0 Å². The molecule has 0 fully saturated rings. The summed E-state index contributed by atoms with van der Waals surface area (Å²) >= 11 is 0. The first kappa shape index (κ1) is 12.1. The number of hydrogen-bond donors (Lipinski definition) is 0. The fourth-order valence-electron chi connectivity index (χ4n) is 1.41. The van der Waals surface area contributed by atoms with E-state index in [2.05, 4.69) is 4.99 Å². The molecule has 16 heavy (non-hydrogen) atoms. The van der Waals surface area contributed by atoms with Crippen LogP contribution >= 0.6 is 0 Å². The van der Waals surface area contributed by atoms with E-state index in [4.69, 9.17) is 0 Å². The highest BCUT2D eigenvalue weighted by Crippen LogP contribution is 2.33. The third-order valence-corrected chi connectivity index (χ3v) is 2.17. The Hall–Kier alpha value is -2.00. The summed E-state index contributed by atoms with van der Waals surface area (Å²) in [6.07, 6.45) is 1.42. The average Bonchev–Trinajstić information content (AvgIpc) is 2.16. The van der Waals surface area contributed by atoms with Gasteiger partial charge in [0.05, 0.1) is 10.6 Å². The largest absolute Gasteiger partial charge is 0.271 e. The van der Waals surface area contributed by atoms with Crippen molar-refractivity contribution in [2.24, 2.45) is 4.99 Å². The molecule has 0 aromatic heterocycles. The summed E-state index contributed by atoms with van der Waals surface area (Å²) in [5, 5.41) is 10.6. The minimum absolute atomic E-state index is 0.0815. The molecule has 0 aliphatic heterocycles. The zero-order chi connectivity index (χ0) is 12.3. The molecule has 1 aromatic rings. The van der Waals surface area contributed by atoms with Crippen LogP contribution in [-0.4, -0.2) is 11.0 Å². The average molecular weight is 220 g/mol. The molecule has 1 aromatic carbocycles. The summed E-state index contributed by atoms with van der Waals surface area (Å²) in [4.78, 5) is 23.8. The lowest BCUT2D eigenvalue weighted by atomic mass is 9.86. The highest BCUT2D eigenvalue weighted by Gasteiger charge is 2.20. The number of benzene rings is 1. The van der Waals surface area contributed by atoms with E-state index in [0.29, 0.717) is 5.69 Å². The molecular formula is C11H12N2O3. The Morgan fingerprint density at radius 2 is 2.00 bits per heavy atom. The van der Waals surface area contributed by atoms with Crippen molar-refractivity contribution in [2.45, 2.75) is 26.2 Å². The molecule has 1 rings (SSSR count). The Kier molecular flexibility index (Phi) is 3.20. The third kappa shape index (κ3) is 2.52. The van der Waals surface area contributed by atoms with Gasteiger partial charge in [0.1, 0.15) is 0 Å². The Morgan fingerprint density at radius 3 is 2.44 bits per heavy atom. The number of aliphatic imine (C=N–C) groups is 1. The minimum atomic E-state index is -0.518. The Morgan fingerprint density at radius 1 is 1.38 bits per heavy atom. The first-order valence-corrected chi connectivity index (χ1v) is 4.73. The molecule has 5 heteroatoms. The van der Waals surface area contributed by atoms with Gasteiger partial charge >= 0.3 is 0 Å². The quantitative estimate of drug-likeness (QED) is 0.333. The molecule has 0 radical (unpaired) electrons. The molecule has 0 N–H and O–H groups in total. The van der Waals surface area contributed by atoms with Crippen LogP contribution in [0.2, 0.25) is 0 Å². The third-order valence-electron chi connectivity index (χ3n) is 2.17. The lowest BCUT2D eigenvalue weighted by Crippen LogP contribution is -2.11. The number of nitro benzene ring substituents is 1. The van der Waals surface area contributed by atoms with Gasteiger partial charge in [-0.25, -0.2) is 4.79 Å². The van der Waals surface area contributed by atoms with Crippen molar-refractivity contribution < 1.29 is 9.72 Å². The van der Waals surface area contributed by atoms with E-state index in [-0.39, 0.29) is 11.1 Å². The monoisotopic (exact) mass is 220 g/mol. The van der Waals surface area contributed by atoms with Crippen molar-refractivity contribution in [3.8, 4) is 0 Å². The van der Waals surface area contributed by atoms with Crippen LogP contribution in [-0.2, 0) is 10.2 Å². The zero-order valence-corrected chi connectivity index (χ0v) is 9.35. The predicted molar refractivity (Wildman–Crippen MR) is 59.6 cm³/mol. The molecule has 0 aliphatic rings. The fraction of sp³-hybridized carbons (Fsp3) is 0.364. The molecule has 5 nitrogen and oxygen atoms in total. The van der Waals surface area contributed by atoms with Crippen LogP contribution in [0.15, 0.2) is 23.2 Å². The van der Waals surface area contributed by atoms with Gasteiger partial charge in [-0.2, -0.15) is 4.99 Å². The molecule has 0 amide bonds. The standard InChI is InChI=1S/C11H12N2O3/c1-11(2,3)9-5-4-8(13(15)16)6-10(9)12-7-14/h4-6H,1-3H3. The molecule has 0 heterocycles. The van der Waals surface area contributed by atoms with Crippen LogP contribution in [0.4, 0.5) is 11.4 Å². The van der Waals surface area contributed by atoms with Gasteiger partial charge in [-0.15, -0.1) is 0 Å². The van der Waals surface area contributed by atoms with Gasteiger partial charge < -0.3 is 0 Å². The van der Waals surface area contributed by atoms with Gasteiger partial charge in [0, 0.05) is 12.1 Å². The number of isocyanates is 1. The van der Waals surface area contributed by atoms with Crippen molar-refractivity contribution >= 4 is 17.5 Å². The lowest BCUT2D eigenvalue weighted by molar-refractivity contribution is -0.384. The van der Waals surface area contributed by atoms with Gasteiger partial charge in [-0.05, 0) is 17.0 Å². The maximum absolute atomic E-state index is 10.6. The molecule has 0 atom stereocenters. The summed E-state index contributed by atoms with van der Waals surface area (Å²) in [5.74, 6) is 0. The van der Waals surface area contributed by atoms with Gasteiger partial charge in [0.2, 0.25) is 6.08 Å². The highest BCUT2D eigenvalue weighted by atomic mass is 16.6. The minimum Gasteiger partial charge on any atom is -0.258 e. The topological polar surface area (TPSA) is 72.6 Å². The second kappa shape index (κ2) is 4.24. The fourth-order valence-corrected chi connectivity index (χ4v) is 1.41. The first-order valence-electron chi connectivity index (χ1n) is 4.73. The van der Waals surface area contributed by atoms with E-state index >= 15 is 0 Å². The summed E-state index contributed by atoms with van der Waals surface area (Å²) in [5.41, 5.74) is 0.769. The van der Waals surface area contributed by atoms with Crippen molar-refractivity contribution in [1.29, 1.82) is 0 Å². The Balaban J connectivity index is 3.42. The van der Waals surface area contributed by atoms with E-state index in [0.717, 1.165) is 5.56 Å². The second-order valence-electron chi connectivity index (χ2n) is 4.41. The molecule has 0 bridgehead atoms. The van der Waals surface area contributed by atoms with Crippen molar-refractivity contribution in [2.75, 3.05) is 0 Å². The van der Waals surface area contributed by atoms with E-state index in [1.54, 1.807) is 6.07 Å². The van der Waals surface area contributed by atoms with Crippen LogP contribution in [0.25, 0.3) is 0 Å². The van der Waals surface area contributed by atoms with Gasteiger partial charge in [-0.1, -0.05) is 20.8 Å². The van der Waals surface area contributed by atoms with Gasteiger partial charge in [0.25, 0.3) is 5.69 Å². The molecule has 84 valence electrons. The predicted octanol–water partition coefficient (Wildman–Crippen LogP) is 2.86.